The standard InChI is InChI=1S/C14H18F2N2S2/c1-20-14(4-2-3-5-14)8-18-12-10(15)6-9(13(17)19)7-11(12)16/h6-7,18H,2-5,8H2,1H3,(H2,17,19). The van der Waals surface area contributed by atoms with Crippen molar-refractivity contribution in [3.63, 3.8) is 0 Å². The highest BCUT2D eigenvalue weighted by molar-refractivity contribution is 8.00. The molecule has 0 heterocycles. The Labute approximate surface area is 127 Å². The van der Waals surface area contributed by atoms with Gasteiger partial charge in [0, 0.05) is 16.9 Å². The Morgan fingerprint density at radius 3 is 2.35 bits per heavy atom. The van der Waals surface area contributed by atoms with Crippen molar-refractivity contribution in [2.24, 2.45) is 5.73 Å². The molecule has 1 aliphatic carbocycles. The SMILES string of the molecule is CSC1(CNc2c(F)cc(C(N)=S)cc2F)CCCC1. The van der Waals surface area contributed by atoms with Crippen LogP contribution in [-0.2, 0) is 0 Å². The largest absolute Gasteiger partial charge is 0.389 e. The van der Waals surface area contributed by atoms with Crippen LogP contribution in [0.5, 0.6) is 0 Å². The fourth-order valence-electron chi connectivity index (χ4n) is 2.61. The van der Waals surface area contributed by atoms with Gasteiger partial charge in [-0.3, -0.25) is 0 Å². The zero-order valence-electron chi connectivity index (χ0n) is 11.3. The minimum Gasteiger partial charge on any atom is -0.389 e. The normalized spacial score (nSPS) is 17.1. The van der Waals surface area contributed by atoms with Crippen molar-refractivity contribution in [2.75, 3.05) is 18.1 Å². The quantitative estimate of drug-likeness (QED) is 0.813. The molecule has 1 aromatic rings. The summed E-state index contributed by atoms with van der Waals surface area (Å²) in [5.74, 6) is -1.30. The zero-order chi connectivity index (χ0) is 14.8. The van der Waals surface area contributed by atoms with Crippen LogP contribution in [0.2, 0.25) is 0 Å². The van der Waals surface area contributed by atoms with Crippen LogP contribution >= 0.6 is 24.0 Å². The highest BCUT2D eigenvalue weighted by Gasteiger charge is 2.33. The second kappa shape index (κ2) is 6.26. The first kappa shape index (κ1) is 15.5. The lowest BCUT2D eigenvalue weighted by atomic mass is 10.1. The van der Waals surface area contributed by atoms with Crippen LogP contribution in [-0.4, -0.2) is 22.5 Å². The van der Waals surface area contributed by atoms with E-state index in [0.717, 1.165) is 12.8 Å². The van der Waals surface area contributed by atoms with Crippen LogP contribution in [0.15, 0.2) is 12.1 Å². The summed E-state index contributed by atoms with van der Waals surface area (Å²) in [6.45, 7) is 0.564. The predicted octanol–water partition coefficient (Wildman–Crippen LogP) is 3.69. The summed E-state index contributed by atoms with van der Waals surface area (Å²) < 4.78 is 28.0. The second-order valence-electron chi connectivity index (χ2n) is 5.13. The average Bonchev–Trinajstić information content (AvgIpc) is 2.87. The van der Waals surface area contributed by atoms with Crippen molar-refractivity contribution in [3.05, 3.63) is 29.3 Å². The Bertz CT molecular complexity index is 491. The average molecular weight is 316 g/mol. The zero-order valence-corrected chi connectivity index (χ0v) is 13.0. The Hall–Kier alpha value is -0.880. The van der Waals surface area contributed by atoms with Gasteiger partial charge in [0.2, 0.25) is 0 Å². The first-order chi connectivity index (χ1) is 9.47. The summed E-state index contributed by atoms with van der Waals surface area (Å²) in [4.78, 5) is -0.00859. The van der Waals surface area contributed by atoms with Gasteiger partial charge in [0.25, 0.3) is 0 Å². The molecule has 0 saturated heterocycles. The number of hydrogen-bond donors (Lipinski definition) is 2. The summed E-state index contributed by atoms with van der Waals surface area (Å²) in [5.41, 5.74) is 5.51. The van der Waals surface area contributed by atoms with Gasteiger partial charge in [-0.25, -0.2) is 8.78 Å². The number of thiocarbonyl (C=S) groups is 1. The van der Waals surface area contributed by atoms with Crippen LogP contribution < -0.4 is 11.1 Å². The molecular formula is C14H18F2N2S2. The van der Waals surface area contributed by atoms with E-state index in [2.05, 4.69) is 11.6 Å². The maximum Gasteiger partial charge on any atom is 0.150 e. The van der Waals surface area contributed by atoms with Crippen molar-refractivity contribution in [2.45, 2.75) is 30.4 Å². The molecule has 6 heteroatoms. The third kappa shape index (κ3) is 3.23. The number of hydrogen-bond acceptors (Lipinski definition) is 3. The van der Waals surface area contributed by atoms with E-state index in [4.69, 9.17) is 18.0 Å². The number of thioether (sulfide) groups is 1. The summed E-state index contributed by atoms with van der Waals surface area (Å²) in [5, 5.41) is 2.93. The molecule has 0 spiro atoms. The number of halogens is 2. The van der Waals surface area contributed by atoms with E-state index in [-0.39, 0.29) is 21.0 Å². The van der Waals surface area contributed by atoms with Crippen LogP contribution in [0.25, 0.3) is 0 Å². The van der Waals surface area contributed by atoms with Crippen molar-refractivity contribution < 1.29 is 8.78 Å². The van der Waals surface area contributed by atoms with Gasteiger partial charge in [-0.1, -0.05) is 25.1 Å². The molecule has 110 valence electrons. The van der Waals surface area contributed by atoms with E-state index < -0.39 is 11.6 Å². The molecule has 0 bridgehead atoms. The molecule has 0 atom stereocenters. The highest BCUT2D eigenvalue weighted by atomic mass is 32.2. The Kier molecular flexibility index (Phi) is 4.86. The molecule has 1 aliphatic rings. The number of benzene rings is 1. The molecule has 2 rings (SSSR count). The number of rotatable bonds is 5. The van der Waals surface area contributed by atoms with Gasteiger partial charge in [-0.15, -0.1) is 0 Å². The van der Waals surface area contributed by atoms with Crippen LogP contribution in [0, 0.1) is 11.6 Å². The van der Waals surface area contributed by atoms with E-state index in [1.54, 1.807) is 11.8 Å². The summed E-state index contributed by atoms with van der Waals surface area (Å²) >= 11 is 6.50. The lowest BCUT2D eigenvalue weighted by Gasteiger charge is -2.27. The van der Waals surface area contributed by atoms with Gasteiger partial charge in [-0.05, 0) is 31.2 Å². The smallest absolute Gasteiger partial charge is 0.150 e. The number of anilines is 1. The molecule has 0 radical (unpaired) electrons. The van der Waals surface area contributed by atoms with E-state index in [9.17, 15) is 8.78 Å². The maximum atomic E-state index is 13.9. The molecule has 2 nitrogen and oxygen atoms in total. The van der Waals surface area contributed by atoms with Crippen molar-refractivity contribution in [3.8, 4) is 0 Å². The van der Waals surface area contributed by atoms with Gasteiger partial charge >= 0.3 is 0 Å². The number of nitrogens with two attached hydrogens (primary N) is 1. The molecule has 0 aromatic heterocycles. The molecule has 0 unspecified atom stereocenters. The van der Waals surface area contributed by atoms with Crippen molar-refractivity contribution >= 4 is 34.7 Å². The van der Waals surface area contributed by atoms with Crippen LogP contribution in [0.4, 0.5) is 14.5 Å². The van der Waals surface area contributed by atoms with E-state index in [0.29, 0.717) is 6.54 Å². The molecule has 1 aromatic carbocycles. The van der Waals surface area contributed by atoms with Gasteiger partial charge in [0.15, 0.2) is 0 Å². The van der Waals surface area contributed by atoms with E-state index in [1.807, 2.05) is 0 Å². The van der Waals surface area contributed by atoms with Crippen LogP contribution in [0.1, 0.15) is 31.2 Å². The minimum atomic E-state index is -0.651. The fraction of sp³-hybridized carbons (Fsp3) is 0.500. The highest BCUT2D eigenvalue weighted by Crippen LogP contribution is 2.40. The first-order valence-corrected chi connectivity index (χ1v) is 8.19. The number of nitrogens with one attached hydrogen (secondary N) is 1. The molecular weight excluding hydrogens is 298 g/mol. The molecule has 20 heavy (non-hydrogen) atoms. The lowest BCUT2D eigenvalue weighted by molar-refractivity contribution is 0.579. The maximum absolute atomic E-state index is 13.9. The van der Waals surface area contributed by atoms with Gasteiger partial charge in [-0.2, -0.15) is 11.8 Å². The topological polar surface area (TPSA) is 38.0 Å². The van der Waals surface area contributed by atoms with Gasteiger partial charge in [0.05, 0.1) is 0 Å². The molecule has 0 aliphatic heterocycles. The van der Waals surface area contributed by atoms with Crippen molar-refractivity contribution in [1.29, 1.82) is 0 Å². The third-order valence-corrected chi connectivity index (χ3v) is 5.52. The molecule has 1 saturated carbocycles. The Morgan fingerprint density at radius 2 is 1.90 bits per heavy atom. The predicted molar refractivity (Wildman–Crippen MR) is 85.4 cm³/mol. The summed E-state index contributed by atoms with van der Waals surface area (Å²) in [7, 11) is 0. The van der Waals surface area contributed by atoms with Crippen LogP contribution in [0.3, 0.4) is 0 Å². The van der Waals surface area contributed by atoms with Crippen molar-refractivity contribution in [1.82, 2.24) is 0 Å². The minimum absolute atomic E-state index is 0.00859. The van der Waals surface area contributed by atoms with E-state index >= 15 is 0 Å². The molecule has 0 amide bonds. The Morgan fingerprint density at radius 1 is 1.35 bits per heavy atom. The third-order valence-electron chi connectivity index (χ3n) is 3.86. The molecule has 1 fully saturated rings. The summed E-state index contributed by atoms with van der Waals surface area (Å²) in [6, 6.07) is 2.35. The molecule has 3 N–H and O–H groups in total. The summed E-state index contributed by atoms with van der Waals surface area (Å²) in [6.07, 6.45) is 6.56. The monoisotopic (exact) mass is 316 g/mol. The van der Waals surface area contributed by atoms with Gasteiger partial charge in [0.1, 0.15) is 22.3 Å². The van der Waals surface area contributed by atoms with E-state index in [1.165, 1.54) is 25.0 Å². The lowest BCUT2D eigenvalue weighted by Crippen LogP contribution is -2.30. The fourth-order valence-corrected chi connectivity index (χ4v) is 3.64. The van der Waals surface area contributed by atoms with Gasteiger partial charge < -0.3 is 11.1 Å². The Balaban J connectivity index is 2.15. The second-order valence-corrected chi connectivity index (χ2v) is 6.84. The first-order valence-electron chi connectivity index (χ1n) is 6.55.